The van der Waals surface area contributed by atoms with Crippen LogP contribution < -0.4 is 4.74 Å². The molecule has 0 unspecified atom stereocenters. The van der Waals surface area contributed by atoms with Gasteiger partial charge in [0, 0.05) is 17.0 Å². The number of phenols is 1. The summed E-state index contributed by atoms with van der Waals surface area (Å²) in [6.45, 7) is 8.46. The van der Waals surface area contributed by atoms with Crippen LogP contribution in [0, 0.1) is 12.8 Å². The monoisotopic (exact) mass is 314 g/mol. The number of fused-ring (bicyclic) bond motifs is 2. The van der Waals surface area contributed by atoms with Gasteiger partial charge >= 0.3 is 0 Å². The Morgan fingerprint density at radius 1 is 1.26 bits per heavy atom. The lowest BCUT2D eigenvalue weighted by atomic mass is 9.69. The Bertz CT molecular complexity index is 672. The minimum absolute atomic E-state index is 0.141. The van der Waals surface area contributed by atoms with E-state index in [-0.39, 0.29) is 12.4 Å². The van der Waals surface area contributed by atoms with E-state index in [0.717, 1.165) is 29.7 Å². The SMILES string of the molecule is CC(C)=C[C@@H]1C[C@@H]2[C@H](Oc3c(C)cc(O)c4c3[C@H]2CC[C@H]4C)O1. The number of aryl methyl sites for hydroxylation is 1. The Labute approximate surface area is 138 Å². The van der Waals surface area contributed by atoms with Gasteiger partial charge in [-0.1, -0.05) is 18.6 Å². The highest BCUT2D eigenvalue weighted by molar-refractivity contribution is 5.58. The fourth-order valence-electron chi connectivity index (χ4n) is 4.78. The highest BCUT2D eigenvalue weighted by atomic mass is 16.7. The molecule has 3 heteroatoms. The highest BCUT2D eigenvalue weighted by Crippen LogP contribution is 2.57. The van der Waals surface area contributed by atoms with Crippen molar-refractivity contribution >= 4 is 0 Å². The quantitative estimate of drug-likeness (QED) is 0.759. The molecule has 2 aliphatic heterocycles. The van der Waals surface area contributed by atoms with Crippen LogP contribution in [0.4, 0.5) is 0 Å². The van der Waals surface area contributed by atoms with E-state index < -0.39 is 0 Å². The first kappa shape index (κ1) is 15.1. The number of benzene rings is 1. The summed E-state index contributed by atoms with van der Waals surface area (Å²) in [5.74, 6) is 2.66. The molecule has 1 N–H and O–H groups in total. The summed E-state index contributed by atoms with van der Waals surface area (Å²) in [5, 5.41) is 10.5. The van der Waals surface area contributed by atoms with Crippen LogP contribution in [-0.2, 0) is 4.74 Å². The molecule has 1 aromatic carbocycles. The van der Waals surface area contributed by atoms with Crippen LogP contribution in [0.2, 0.25) is 0 Å². The fraction of sp³-hybridized carbons (Fsp3) is 0.600. The average Bonchev–Trinajstić information content (AvgIpc) is 2.86. The van der Waals surface area contributed by atoms with Crippen LogP contribution in [0.15, 0.2) is 17.7 Å². The molecule has 4 rings (SSSR count). The van der Waals surface area contributed by atoms with Gasteiger partial charge in [-0.2, -0.15) is 0 Å². The van der Waals surface area contributed by atoms with Crippen molar-refractivity contribution < 1.29 is 14.6 Å². The first-order valence-electron chi connectivity index (χ1n) is 8.79. The van der Waals surface area contributed by atoms with Gasteiger partial charge in [-0.05, 0) is 63.5 Å². The van der Waals surface area contributed by atoms with Crippen LogP contribution in [0.3, 0.4) is 0 Å². The maximum Gasteiger partial charge on any atom is 0.203 e. The molecule has 1 aromatic rings. The Morgan fingerprint density at radius 3 is 2.78 bits per heavy atom. The number of aromatic hydroxyl groups is 1. The lowest BCUT2D eigenvalue weighted by Gasteiger charge is -2.41. The van der Waals surface area contributed by atoms with E-state index in [9.17, 15) is 5.11 Å². The Balaban J connectivity index is 1.79. The number of phenolic OH excluding ortho intramolecular Hbond substituents is 1. The second kappa shape index (κ2) is 5.27. The predicted molar refractivity (Wildman–Crippen MR) is 90.1 cm³/mol. The minimum atomic E-state index is -0.141. The van der Waals surface area contributed by atoms with Gasteiger partial charge in [0.25, 0.3) is 0 Å². The van der Waals surface area contributed by atoms with Gasteiger partial charge in [0.15, 0.2) is 0 Å². The number of allylic oxidation sites excluding steroid dienone is 1. The van der Waals surface area contributed by atoms with Gasteiger partial charge in [-0.25, -0.2) is 0 Å². The topological polar surface area (TPSA) is 38.7 Å². The van der Waals surface area contributed by atoms with Gasteiger partial charge in [-0.15, -0.1) is 0 Å². The standard InChI is InChI=1S/C20H26O3/c1-10(2)7-13-9-15-14-6-5-11(3)17-16(21)8-12(4)19(18(14)17)23-20(15)22-13/h7-8,11,13-15,20-21H,5-6,9H2,1-4H3/t11-,13-,14+,15+,20+/m1/s1. The van der Waals surface area contributed by atoms with Gasteiger partial charge in [-0.3, -0.25) is 0 Å². The van der Waals surface area contributed by atoms with Crippen molar-refractivity contribution in [3.05, 3.63) is 34.4 Å². The third kappa shape index (κ3) is 2.28. The van der Waals surface area contributed by atoms with Crippen LogP contribution in [0.5, 0.6) is 11.5 Å². The van der Waals surface area contributed by atoms with E-state index in [4.69, 9.17) is 9.47 Å². The molecule has 0 saturated carbocycles. The van der Waals surface area contributed by atoms with Crippen LogP contribution in [0.25, 0.3) is 0 Å². The summed E-state index contributed by atoms with van der Waals surface area (Å²) < 4.78 is 12.5. The van der Waals surface area contributed by atoms with Crippen molar-refractivity contribution in [2.24, 2.45) is 5.92 Å². The normalized spacial score (nSPS) is 34.3. The predicted octanol–water partition coefficient (Wildman–Crippen LogP) is 4.77. The van der Waals surface area contributed by atoms with Crippen molar-refractivity contribution in [2.75, 3.05) is 0 Å². The number of hydrogen-bond donors (Lipinski definition) is 1. The molecular formula is C20H26O3. The van der Waals surface area contributed by atoms with E-state index in [0.29, 0.717) is 23.5 Å². The van der Waals surface area contributed by atoms with Crippen molar-refractivity contribution in [2.45, 2.75) is 71.2 Å². The Morgan fingerprint density at radius 2 is 2.04 bits per heavy atom. The van der Waals surface area contributed by atoms with Crippen molar-refractivity contribution in [3.8, 4) is 11.5 Å². The first-order valence-corrected chi connectivity index (χ1v) is 8.79. The minimum Gasteiger partial charge on any atom is -0.508 e. The number of hydrogen-bond acceptors (Lipinski definition) is 3. The van der Waals surface area contributed by atoms with Crippen LogP contribution in [0.1, 0.15) is 68.6 Å². The molecule has 0 bridgehead atoms. The van der Waals surface area contributed by atoms with Crippen molar-refractivity contribution in [3.63, 3.8) is 0 Å². The second-order valence-electron chi connectivity index (χ2n) is 7.76. The molecule has 1 aliphatic carbocycles. The molecule has 3 nitrogen and oxygen atoms in total. The molecule has 2 heterocycles. The van der Waals surface area contributed by atoms with Gasteiger partial charge in [0.1, 0.15) is 11.5 Å². The molecule has 1 fully saturated rings. The summed E-state index contributed by atoms with van der Waals surface area (Å²) in [5.41, 5.74) is 4.70. The summed E-state index contributed by atoms with van der Waals surface area (Å²) in [7, 11) is 0. The summed E-state index contributed by atoms with van der Waals surface area (Å²) >= 11 is 0. The van der Waals surface area contributed by atoms with Crippen molar-refractivity contribution in [1.82, 2.24) is 0 Å². The highest BCUT2D eigenvalue weighted by Gasteiger charge is 2.48. The summed E-state index contributed by atoms with van der Waals surface area (Å²) in [4.78, 5) is 0. The van der Waals surface area contributed by atoms with Crippen LogP contribution >= 0.6 is 0 Å². The summed E-state index contributed by atoms with van der Waals surface area (Å²) in [6, 6.07) is 1.86. The molecule has 0 spiro atoms. The number of ether oxygens (including phenoxy) is 2. The van der Waals surface area contributed by atoms with Gasteiger partial charge in [0.05, 0.1) is 6.10 Å². The maximum absolute atomic E-state index is 10.5. The third-order valence-electron chi connectivity index (χ3n) is 5.73. The Kier molecular flexibility index (Phi) is 3.45. The first-order chi connectivity index (χ1) is 11.0. The Hall–Kier alpha value is -1.48. The van der Waals surface area contributed by atoms with E-state index in [1.165, 1.54) is 17.6 Å². The lowest BCUT2D eigenvalue weighted by molar-refractivity contribution is -0.0934. The van der Waals surface area contributed by atoms with Gasteiger partial charge in [0.2, 0.25) is 6.29 Å². The zero-order valence-electron chi connectivity index (χ0n) is 14.4. The van der Waals surface area contributed by atoms with E-state index in [1.54, 1.807) is 0 Å². The van der Waals surface area contributed by atoms with Crippen molar-refractivity contribution in [1.29, 1.82) is 0 Å². The zero-order chi connectivity index (χ0) is 16.3. The molecule has 5 atom stereocenters. The maximum atomic E-state index is 10.5. The summed E-state index contributed by atoms with van der Waals surface area (Å²) in [6.07, 6.45) is 5.54. The lowest BCUT2D eigenvalue weighted by Crippen LogP contribution is -2.36. The molecule has 3 aliphatic rings. The zero-order valence-corrected chi connectivity index (χ0v) is 14.4. The molecule has 124 valence electrons. The van der Waals surface area contributed by atoms with E-state index in [1.807, 2.05) is 13.0 Å². The van der Waals surface area contributed by atoms with E-state index >= 15 is 0 Å². The van der Waals surface area contributed by atoms with Crippen LogP contribution in [-0.4, -0.2) is 17.5 Å². The smallest absolute Gasteiger partial charge is 0.203 e. The average molecular weight is 314 g/mol. The number of rotatable bonds is 1. The molecule has 0 amide bonds. The molecule has 1 saturated heterocycles. The second-order valence-corrected chi connectivity index (χ2v) is 7.76. The molecule has 0 radical (unpaired) electrons. The van der Waals surface area contributed by atoms with E-state index in [2.05, 4.69) is 26.8 Å². The molecule has 23 heavy (non-hydrogen) atoms. The fourth-order valence-corrected chi connectivity index (χ4v) is 4.78. The third-order valence-corrected chi connectivity index (χ3v) is 5.73. The largest absolute Gasteiger partial charge is 0.508 e. The molecule has 0 aromatic heterocycles. The van der Waals surface area contributed by atoms with Gasteiger partial charge < -0.3 is 14.6 Å². The molecular weight excluding hydrogens is 288 g/mol.